The highest BCUT2D eigenvalue weighted by molar-refractivity contribution is 14.1. The van der Waals surface area contributed by atoms with E-state index in [0.29, 0.717) is 6.61 Å². The van der Waals surface area contributed by atoms with Gasteiger partial charge in [-0.15, -0.1) is 0 Å². The normalized spacial score (nSPS) is 12.4. The Hall–Kier alpha value is -0.580. The van der Waals surface area contributed by atoms with Gasteiger partial charge in [0, 0.05) is 9.45 Å². The van der Waals surface area contributed by atoms with E-state index in [1.807, 2.05) is 24.3 Å². The first kappa shape index (κ1) is 14.8. The number of hydrogen-bond acceptors (Lipinski definition) is 1. The summed E-state index contributed by atoms with van der Waals surface area (Å²) < 4.78 is 6.97. The fraction of sp³-hybridized carbons (Fsp3) is 0.250. The Bertz CT molecular complexity index is 542. The summed E-state index contributed by atoms with van der Waals surface area (Å²) in [6, 6.07) is 16.2. The SMILES string of the molecule is Cc1ccccc1C(CI)OCc1cccc(Cl)c1. The van der Waals surface area contributed by atoms with Crippen molar-refractivity contribution in [1.29, 1.82) is 0 Å². The van der Waals surface area contributed by atoms with E-state index in [9.17, 15) is 0 Å². The van der Waals surface area contributed by atoms with Gasteiger partial charge in [0.05, 0.1) is 12.7 Å². The lowest BCUT2D eigenvalue weighted by atomic mass is 10.0. The summed E-state index contributed by atoms with van der Waals surface area (Å²) >= 11 is 8.35. The van der Waals surface area contributed by atoms with Crippen LogP contribution in [0.5, 0.6) is 0 Å². The molecule has 0 aliphatic heterocycles. The molecule has 0 spiro atoms. The maximum absolute atomic E-state index is 6.03. The Balaban J connectivity index is 2.06. The van der Waals surface area contributed by atoms with Gasteiger partial charge in [0.2, 0.25) is 0 Å². The van der Waals surface area contributed by atoms with E-state index in [1.165, 1.54) is 11.1 Å². The molecule has 2 aromatic rings. The van der Waals surface area contributed by atoms with Gasteiger partial charge in [0.15, 0.2) is 0 Å². The van der Waals surface area contributed by atoms with Crippen LogP contribution in [0.1, 0.15) is 22.8 Å². The lowest BCUT2D eigenvalue weighted by molar-refractivity contribution is 0.0573. The van der Waals surface area contributed by atoms with Crippen LogP contribution < -0.4 is 0 Å². The maximum Gasteiger partial charge on any atom is 0.0921 e. The Morgan fingerprint density at radius 2 is 1.95 bits per heavy atom. The van der Waals surface area contributed by atoms with Gasteiger partial charge in [0.25, 0.3) is 0 Å². The first-order valence-corrected chi connectivity index (χ1v) is 8.08. The van der Waals surface area contributed by atoms with E-state index < -0.39 is 0 Å². The van der Waals surface area contributed by atoms with Crippen LogP contribution in [0.25, 0.3) is 0 Å². The van der Waals surface area contributed by atoms with E-state index >= 15 is 0 Å². The number of rotatable bonds is 5. The first-order chi connectivity index (χ1) is 9.20. The molecule has 1 unspecified atom stereocenters. The largest absolute Gasteiger partial charge is 0.368 e. The van der Waals surface area contributed by atoms with Crippen LogP contribution in [0.15, 0.2) is 48.5 Å². The fourth-order valence-corrected chi connectivity index (χ4v) is 2.93. The van der Waals surface area contributed by atoms with Crippen molar-refractivity contribution in [3.8, 4) is 0 Å². The average molecular weight is 387 g/mol. The summed E-state index contributed by atoms with van der Waals surface area (Å²) in [6.07, 6.45) is 0.126. The zero-order chi connectivity index (χ0) is 13.7. The quantitative estimate of drug-likeness (QED) is 0.498. The molecule has 0 aliphatic rings. The number of benzene rings is 2. The van der Waals surface area contributed by atoms with Crippen LogP contribution in [0.2, 0.25) is 5.02 Å². The van der Waals surface area contributed by atoms with Crippen LogP contribution in [0.4, 0.5) is 0 Å². The molecule has 0 bridgehead atoms. The van der Waals surface area contributed by atoms with Gasteiger partial charge in [-0.05, 0) is 35.7 Å². The molecule has 100 valence electrons. The van der Waals surface area contributed by atoms with Crippen molar-refractivity contribution in [2.24, 2.45) is 0 Å². The van der Waals surface area contributed by atoms with Gasteiger partial charge in [-0.2, -0.15) is 0 Å². The third-order valence-corrected chi connectivity index (χ3v) is 4.05. The molecular formula is C16H16ClIO. The van der Waals surface area contributed by atoms with E-state index in [2.05, 4.69) is 53.8 Å². The van der Waals surface area contributed by atoms with Gasteiger partial charge >= 0.3 is 0 Å². The van der Waals surface area contributed by atoms with E-state index in [4.69, 9.17) is 16.3 Å². The molecule has 0 saturated heterocycles. The molecule has 0 heterocycles. The number of halogens is 2. The molecule has 2 aromatic carbocycles. The van der Waals surface area contributed by atoms with Crippen molar-refractivity contribution >= 4 is 34.2 Å². The number of hydrogen-bond donors (Lipinski definition) is 0. The highest BCUT2D eigenvalue weighted by Crippen LogP contribution is 2.25. The smallest absolute Gasteiger partial charge is 0.0921 e. The monoisotopic (exact) mass is 386 g/mol. The first-order valence-electron chi connectivity index (χ1n) is 6.18. The van der Waals surface area contributed by atoms with E-state index in [-0.39, 0.29) is 6.10 Å². The molecule has 0 amide bonds. The molecule has 2 rings (SSSR count). The molecule has 0 aliphatic carbocycles. The summed E-state index contributed by atoms with van der Waals surface area (Å²) in [7, 11) is 0. The van der Waals surface area contributed by atoms with Crippen molar-refractivity contribution < 1.29 is 4.74 Å². The van der Waals surface area contributed by atoms with Crippen LogP contribution in [-0.4, -0.2) is 4.43 Å². The van der Waals surface area contributed by atoms with E-state index in [0.717, 1.165) is 15.0 Å². The molecule has 0 aromatic heterocycles. The second kappa shape index (κ2) is 7.27. The van der Waals surface area contributed by atoms with Gasteiger partial charge in [0.1, 0.15) is 0 Å². The predicted molar refractivity (Wildman–Crippen MR) is 89.0 cm³/mol. The minimum absolute atomic E-state index is 0.126. The molecule has 0 radical (unpaired) electrons. The topological polar surface area (TPSA) is 9.23 Å². The second-order valence-electron chi connectivity index (χ2n) is 4.44. The third-order valence-electron chi connectivity index (χ3n) is 3.02. The number of ether oxygens (including phenoxy) is 1. The molecule has 0 fully saturated rings. The van der Waals surface area contributed by atoms with Crippen LogP contribution in [0, 0.1) is 6.92 Å². The van der Waals surface area contributed by atoms with Crippen LogP contribution in [0.3, 0.4) is 0 Å². The summed E-state index contributed by atoms with van der Waals surface area (Å²) in [5.74, 6) is 0. The number of aryl methyl sites for hydroxylation is 1. The Labute approximate surface area is 133 Å². The molecule has 1 atom stereocenters. The van der Waals surface area contributed by atoms with Crippen LogP contribution in [-0.2, 0) is 11.3 Å². The van der Waals surface area contributed by atoms with Crippen molar-refractivity contribution in [3.63, 3.8) is 0 Å². The third kappa shape index (κ3) is 4.20. The predicted octanol–water partition coefficient (Wildman–Crippen LogP) is 5.34. The standard InChI is InChI=1S/C16H16ClIO/c1-12-5-2-3-8-15(12)16(10-18)19-11-13-6-4-7-14(17)9-13/h2-9,16H,10-11H2,1H3. The van der Waals surface area contributed by atoms with Crippen molar-refractivity contribution in [2.75, 3.05) is 4.43 Å². The van der Waals surface area contributed by atoms with Gasteiger partial charge in [-0.25, -0.2) is 0 Å². The summed E-state index contributed by atoms with van der Waals surface area (Å²) in [5.41, 5.74) is 3.64. The lowest BCUT2D eigenvalue weighted by Gasteiger charge is -2.18. The zero-order valence-corrected chi connectivity index (χ0v) is 13.7. The van der Waals surface area contributed by atoms with Crippen LogP contribution >= 0.6 is 34.2 Å². The average Bonchev–Trinajstić information content (AvgIpc) is 2.41. The summed E-state index contributed by atoms with van der Waals surface area (Å²) in [5, 5.41) is 0.753. The minimum Gasteiger partial charge on any atom is -0.368 e. The van der Waals surface area contributed by atoms with E-state index in [1.54, 1.807) is 0 Å². The zero-order valence-electron chi connectivity index (χ0n) is 10.8. The van der Waals surface area contributed by atoms with Crippen molar-refractivity contribution in [2.45, 2.75) is 19.6 Å². The minimum atomic E-state index is 0.126. The Morgan fingerprint density at radius 1 is 1.16 bits per heavy atom. The Kier molecular flexibility index (Phi) is 5.67. The van der Waals surface area contributed by atoms with Gasteiger partial charge in [-0.1, -0.05) is 70.6 Å². The summed E-state index contributed by atoms with van der Waals surface area (Å²) in [6.45, 7) is 2.71. The molecular weight excluding hydrogens is 371 g/mol. The van der Waals surface area contributed by atoms with Crippen molar-refractivity contribution in [1.82, 2.24) is 0 Å². The highest BCUT2D eigenvalue weighted by atomic mass is 127. The molecule has 1 nitrogen and oxygen atoms in total. The number of alkyl halides is 1. The summed E-state index contributed by atoms with van der Waals surface area (Å²) in [4.78, 5) is 0. The maximum atomic E-state index is 6.03. The fourth-order valence-electron chi connectivity index (χ4n) is 1.99. The molecule has 19 heavy (non-hydrogen) atoms. The molecule has 0 saturated carbocycles. The Morgan fingerprint density at radius 3 is 2.63 bits per heavy atom. The molecule has 3 heteroatoms. The lowest BCUT2D eigenvalue weighted by Crippen LogP contribution is -2.07. The molecule has 0 N–H and O–H groups in total. The van der Waals surface area contributed by atoms with Gasteiger partial charge in [-0.3, -0.25) is 0 Å². The van der Waals surface area contributed by atoms with Crippen molar-refractivity contribution in [3.05, 3.63) is 70.2 Å². The van der Waals surface area contributed by atoms with Gasteiger partial charge < -0.3 is 4.74 Å². The second-order valence-corrected chi connectivity index (χ2v) is 5.76. The highest BCUT2D eigenvalue weighted by Gasteiger charge is 2.12.